The van der Waals surface area contributed by atoms with E-state index in [2.05, 4.69) is 16.0 Å². The number of methoxy groups -OCH3 is 2. The van der Waals surface area contributed by atoms with Gasteiger partial charge in [0.25, 0.3) is 0 Å². The van der Waals surface area contributed by atoms with Crippen LogP contribution in [0.3, 0.4) is 0 Å². The SMILES string of the molecule is COC(=O)CNC(=O)C1(NC(=O)[C@@H](CSC(c2ccccc2)(c2ccccc2)c2ccccc2)NC(=O)[C@@H](CCC(=O)OC(C)(C)C)N(C(=O)OC)C2c3ccccc3-c3ccccc32)CCC1. The lowest BCUT2D eigenvalue weighted by Crippen LogP contribution is -2.66. The Kier molecular flexibility index (Phi) is 15.4. The predicted octanol–water partition coefficient (Wildman–Crippen LogP) is 7.85. The molecule has 0 bridgehead atoms. The molecule has 4 amide bonds. The van der Waals surface area contributed by atoms with Crippen LogP contribution in [0, 0.1) is 0 Å². The summed E-state index contributed by atoms with van der Waals surface area (Å²) in [5, 5.41) is 8.62. The zero-order valence-corrected chi connectivity index (χ0v) is 39.8. The van der Waals surface area contributed by atoms with Crippen LogP contribution in [-0.4, -0.2) is 90.4 Å². The van der Waals surface area contributed by atoms with E-state index in [9.17, 15) is 19.2 Å². The Morgan fingerprint density at radius 3 is 1.63 bits per heavy atom. The molecule has 1 fully saturated rings. The Morgan fingerprint density at radius 1 is 0.676 bits per heavy atom. The fourth-order valence-corrected chi connectivity index (χ4v) is 10.6. The molecule has 2 aliphatic rings. The van der Waals surface area contributed by atoms with Gasteiger partial charge in [-0.1, -0.05) is 140 Å². The maximum atomic E-state index is 15.5. The van der Waals surface area contributed by atoms with Crippen LogP contribution in [0.25, 0.3) is 11.1 Å². The molecule has 14 heteroatoms. The highest BCUT2D eigenvalue weighted by Crippen LogP contribution is 2.50. The molecule has 2 atom stereocenters. The smallest absolute Gasteiger partial charge is 0.410 e. The Hall–Kier alpha value is -6.93. The summed E-state index contributed by atoms with van der Waals surface area (Å²) in [6.45, 7) is 4.84. The van der Waals surface area contributed by atoms with Crippen molar-refractivity contribution < 1.29 is 43.0 Å². The van der Waals surface area contributed by atoms with Gasteiger partial charge in [-0.3, -0.25) is 28.9 Å². The van der Waals surface area contributed by atoms with E-state index in [1.54, 1.807) is 20.8 Å². The zero-order valence-electron chi connectivity index (χ0n) is 39.0. The lowest BCUT2D eigenvalue weighted by molar-refractivity contribution is -0.155. The molecule has 354 valence electrons. The summed E-state index contributed by atoms with van der Waals surface area (Å²) in [7, 11) is 2.45. The number of fused-ring (bicyclic) bond motifs is 3. The van der Waals surface area contributed by atoms with Gasteiger partial charge in [0.15, 0.2) is 0 Å². The van der Waals surface area contributed by atoms with Crippen molar-refractivity contribution in [3.8, 4) is 11.1 Å². The molecule has 1 saturated carbocycles. The second-order valence-electron chi connectivity index (χ2n) is 17.9. The lowest BCUT2D eigenvalue weighted by atomic mass is 9.75. The van der Waals surface area contributed by atoms with Gasteiger partial charge in [0.1, 0.15) is 29.8 Å². The summed E-state index contributed by atoms with van der Waals surface area (Å²) >= 11 is 1.43. The van der Waals surface area contributed by atoms with E-state index in [-0.39, 0.29) is 31.4 Å². The number of hydrogen-bond acceptors (Lipinski definition) is 10. The minimum absolute atomic E-state index is 0.0395. The molecule has 0 heterocycles. The van der Waals surface area contributed by atoms with Crippen LogP contribution in [-0.2, 0) is 42.9 Å². The number of esters is 2. The summed E-state index contributed by atoms with van der Waals surface area (Å²) < 4.78 is 15.0. The van der Waals surface area contributed by atoms with E-state index in [0.717, 1.165) is 38.9 Å². The third-order valence-corrected chi connectivity index (χ3v) is 14.1. The maximum Gasteiger partial charge on any atom is 0.410 e. The van der Waals surface area contributed by atoms with Gasteiger partial charge in [0.05, 0.1) is 25.0 Å². The number of ether oxygens (including phenoxy) is 3. The molecule has 2 aliphatic carbocycles. The van der Waals surface area contributed by atoms with E-state index >= 15 is 9.59 Å². The van der Waals surface area contributed by atoms with Crippen molar-refractivity contribution in [2.75, 3.05) is 26.5 Å². The maximum absolute atomic E-state index is 15.5. The van der Waals surface area contributed by atoms with Gasteiger partial charge in [-0.05, 0) is 85.4 Å². The minimum atomic E-state index is -1.39. The summed E-state index contributed by atoms with van der Waals surface area (Å²) in [5.41, 5.74) is 3.78. The first-order valence-corrected chi connectivity index (χ1v) is 23.7. The second-order valence-corrected chi connectivity index (χ2v) is 19.2. The average molecular weight is 939 g/mol. The first kappa shape index (κ1) is 49.0. The third kappa shape index (κ3) is 10.6. The molecule has 0 radical (unpaired) electrons. The van der Waals surface area contributed by atoms with E-state index in [1.807, 2.05) is 140 Å². The number of thioether (sulfide) groups is 1. The monoisotopic (exact) mass is 938 g/mol. The van der Waals surface area contributed by atoms with Crippen LogP contribution >= 0.6 is 11.8 Å². The van der Waals surface area contributed by atoms with Crippen molar-refractivity contribution in [3.05, 3.63) is 167 Å². The number of hydrogen-bond donors (Lipinski definition) is 3. The van der Waals surface area contributed by atoms with E-state index < -0.39 is 76.3 Å². The molecule has 5 aromatic rings. The molecule has 0 spiro atoms. The Morgan fingerprint density at radius 2 is 1.18 bits per heavy atom. The Bertz CT molecular complexity index is 2460. The molecule has 3 N–H and O–H groups in total. The molecule has 0 aliphatic heterocycles. The summed E-state index contributed by atoms with van der Waals surface area (Å²) in [6.07, 6.45) is -0.0733. The number of nitrogens with one attached hydrogen (secondary N) is 3. The van der Waals surface area contributed by atoms with Gasteiger partial charge >= 0.3 is 18.0 Å². The first-order chi connectivity index (χ1) is 32.7. The molecule has 0 saturated heterocycles. The van der Waals surface area contributed by atoms with Gasteiger partial charge in [-0.25, -0.2) is 4.79 Å². The molecule has 13 nitrogen and oxygen atoms in total. The van der Waals surface area contributed by atoms with Crippen molar-refractivity contribution >= 4 is 47.5 Å². The molecular weight excluding hydrogens is 881 g/mol. The van der Waals surface area contributed by atoms with Crippen LogP contribution in [0.15, 0.2) is 140 Å². The topological polar surface area (TPSA) is 169 Å². The van der Waals surface area contributed by atoms with E-state index in [0.29, 0.717) is 6.42 Å². The van der Waals surface area contributed by atoms with Crippen LogP contribution < -0.4 is 16.0 Å². The van der Waals surface area contributed by atoms with Crippen molar-refractivity contribution in [1.29, 1.82) is 0 Å². The summed E-state index contributed by atoms with van der Waals surface area (Å²) in [4.78, 5) is 85.7. The van der Waals surface area contributed by atoms with E-state index in [1.165, 1.54) is 30.9 Å². The van der Waals surface area contributed by atoms with Crippen molar-refractivity contribution in [2.24, 2.45) is 0 Å². The molecule has 0 unspecified atom stereocenters. The number of rotatable bonds is 18. The van der Waals surface area contributed by atoms with Crippen LogP contribution in [0.4, 0.5) is 4.79 Å². The number of nitrogens with zero attached hydrogens (tertiary/aromatic N) is 1. The molecule has 7 rings (SSSR count). The average Bonchev–Trinajstić information content (AvgIpc) is 3.66. The van der Waals surface area contributed by atoms with Crippen LogP contribution in [0.2, 0.25) is 0 Å². The Labute approximate surface area is 401 Å². The minimum Gasteiger partial charge on any atom is -0.468 e. The number of carbonyl (C=O) groups excluding carboxylic acids is 6. The summed E-state index contributed by atoms with van der Waals surface area (Å²) in [5.74, 6) is -3.22. The van der Waals surface area contributed by atoms with Gasteiger partial charge in [0.2, 0.25) is 17.7 Å². The molecule has 68 heavy (non-hydrogen) atoms. The second kappa shape index (κ2) is 21.4. The van der Waals surface area contributed by atoms with Gasteiger partial charge in [-0.2, -0.15) is 0 Å². The molecular formula is C54H58N4O9S. The van der Waals surface area contributed by atoms with Crippen molar-refractivity contribution in [2.45, 2.75) is 86.9 Å². The predicted molar refractivity (Wildman–Crippen MR) is 260 cm³/mol. The zero-order chi connectivity index (χ0) is 48.5. The first-order valence-electron chi connectivity index (χ1n) is 22.8. The van der Waals surface area contributed by atoms with Crippen molar-refractivity contribution in [1.82, 2.24) is 20.9 Å². The van der Waals surface area contributed by atoms with Crippen molar-refractivity contribution in [3.63, 3.8) is 0 Å². The molecule has 0 aromatic heterocycles. The number of benzene rings is 5. The summed E-state index contributed by atoms with van der Waals surface area (Å²) in [6, 6.07) is 41.3. The normalized spacial score (nSPS) is 14.7. The quantitative estimate of drug-likeness (QED) is 0.0447. The highest BCUT2D eigenvalue weighted by atomic mass is 32.2. The van der Waals surface area contributed by atoms with Gasteiger partial charge in [-0.15, -0.1) is 11.8 Å². The fourth-order valence-electron chi connectivity index (χ4n) is 9.07. The standard InChI is InChI=1S/C54H58N4O9S/c1-52(2,3)67-45(59)31-30-44(58(51(64)66-5)47-41-28-17-15-26-39(41)40-27-16-18-29-42(40)47)49(62)56-43(48(61)57-53(32-19-33-53)50(63)55-34-46(60)65-4)35-68-54(36-20-9-6-10-21-36,37-22-11-7-12-23-37)38-24-13-8-14-25-38/h6-18,20-29,43-44,47H,19,30-35H2,1-5H3,(H,55,63)(H,56,62)(H,57,61)/t43-,44-/m1/s1. The van der Waals surface area contributed by atoms with Crippen LogP contribution in [0.1, 0.15) is 86.7 Å². The largest absolute Gasteiger partial charge is 0.468 e. The third-order valence-electron chi connectivity index (χ3n) is 12.4. The highest BCUT2D eigenvalue weighted by Gasteiger charge is 2.48. The fraction of sp³-hybridized carbons (Fsp3) is 0.333. The van der Waals surface area contributed by atoms with Gasteiger partial charge < -0.3 is 30.2 Å². The number of carbonyl (C=O) groups is 6. The highest BCUT2D eigenvalue weighted by molar-refractivity contribution is 8.00. The lowest BCUT2D eigenvalue weighted by Gasteiger charge is -2.42. The molecule has 5 aromatic carbocycles. The van der Waals surface area contributed by atoms with Crippen LogP contribution in [0.5, 0.6) is 0 Å². The van der Waals surface area contributed by atoms with Gasteiger partial charge in [0, 0.05) is 12.2 Å². The number of amides is 4. The Balaban J connectivity index is 1.32. The van der Waals surface area contributed by atoms with E-state index in [4.69, 9.17) is 14.2 Å².